The minimum Gasteiger partial charge on any atom is -0.867 e. The Morgan fingerprint density at radius 3 is 2.54 bits per heavy atom. The topological polar surface area (TPSA) is 105 Å². The van der Waals surface area contributed by atoms with Crippen molar-refractivity contribution in [1.82, 2.24) is 0 Å². The summed E-state index contributed by atoms with van der Waals surface area (Å²) in [5.74, 6) is -1.11. The number of nitro benzene ring substituents is 1. The van der Waals surface area contributed by atoms with Crippen LogP contribution >= 0.6 is 0 Å². The molecule has 0 bridgehead atoms. The zero-order chi connectivity index (χ0) is 17.7. The lowest BCUT2D eigenvalue weighted by molar-refractivity contribution is -0.398. The number of esters is 1. The van der Waals surface area contributed by atoms with Crippen molar-refractivity contribution in [2.24, 2.45) is 4.99 Å². The van der Waals surface area contributed by atoms with E-state index in [0.29, 0.717) is 16.8 Å². The summed E-state index contributed by atoms with van der Waals surface area (Å²) < 4.78 is 4.88. The number of aryl methyl sites for hydroxylation is 1. The molecule has 2 aromatic carbocycles. The van der Waals surface area contributed by atoms with Crippen molar-refractivity contribution in [2.45, 2.75) is 13.8 Å². The van der Waals surface area contributed by atoms with E-state index in [0.717, 1.165) is 0 Å². The summed E-state index contributed by atoms with van der Waals surface area (Å²) in [6.45, 7) is 3.67. The standard InChI is InChI=1S/C17H16N2O5/c1-3-24-17(21)12-4-6-14(7-5-12)18-10-13-8-11(2)9-15(16(13)20)19(22)23/h4-10,20H,3H2,1-2H3/p-1. The minimum absolute atomic E-state index is 0.135. The highest BCUT2D eigenvalue weighted by molar-refractivity contribution is 5.90. The molecule has 0 unspecified atom stereocenters. The number of rotatable bonds is 5. The van der Waals surface area contributed by atoms with Crippen LogP contribution in [-0.4, -0.2) is 23.7 Å². The van der Waals surface area contributed by atoms with Crippen molar-refractivity contribution < 1.29 is 19.6 Å². The highest BCUT2D eigenvalue weighted by Crippen LogP contribution is 2.28. The third kappa shape index (κ3) is 3.95. The zero-order valence-electron chi connectivity index (χ0n) is 13.2. The lowest BCUT2D eigenvalue weighted by Gasteiger charge is -2.11. The first-order valence-electron chi connectivity index (χ1n) is 7.19. The highest BCUT2D eigenvalue weighted by atomic mass is 16.6. The van der Waals surface area contributed by atoms with Crippen LogP contribution in [0.5, 0.6) is 5.75 Å². The van der Waals surface area contributed by atoms with Gasteiger partial charge in [0, 0.05) is 12.3 Å². The molecule has 2 aromatic rings. The van der Waals surface area contributed by atoms with Gasteiger partial charge in [-0.2, -0.15) is 0 Å². The Kier molecular flexibility index (Phi) is 5.26. The van der Waals surface area contributed by atoms with Crippen LogP contribution in [0.15, 0.2) is 41.4 Å². The fourth-order valence-corrected chi connectivity index (χ4v) is 2.06. The molecule has 0 aromatic heterocycles. The van der Waals surface area contributed by atoms with Gasteiger partial charge in [0.25, 0.3) is 5.69 Å². The van der Waals surface area contributed by atoms with E-state index in [9.17, 15) is 20.0 Å². The van der Waals surface area contributed by atoms with Gasteiger partial charge in [0.15, 0.2) is 0 Å². The molecule has 24 heavy (non-hydrogen) atoms. The van der Waals surface area contributed by atoms with Crippen LogP contribution in [0.1, 0.15) is 28.4 Å². The maximum Gasteiger partial charge on any atom is 0.338 e. The number of carbonyl (C=O) groups is 1. The second-order valence-electron chi connectivity index (χ2n) is 4.99. The summed E-state index contributed by atoms with van der Waals surface area (Å²) in [6.07, 6.45) is 1.28. The zero-order valence-corrected chi connectivity index (χ0v) is 13.2. The van der Waals surface area contributed by atoms with Gasteiger partial charge < -0.3 is 9.84 Å². The molecule has 0 N–H and O–H groups in total. The Balaban J connectivity index is 2.25. The second kappa shape index (κ2) is 7.36. The second-order valence-corrected chi connectivity index (χ2v) is 4.99. The van der Waals surface area contributed by atoms with Crippen molar-refractivity contribution in [3.8, 4) is 5.75 Å². The molecule has 0 aliphatic carbocycles. The summed E-state index contributed by atoms with van der Waals surface area (Å²) >= 11 is 0. The molecule has 0 saturated carbocycles. The van der Waals surface area contributed by atoms with Crippen molar-refractivity contribution in [2.75, 3.05) is 6.61 Å². The predicted octanol–water partition coefficient (Wildman–Crippen LogP) is 2.90. The van der Waals surface area contributed by atoms with Gasteiger partial charge in [0.05, 0.1) is 22.8 Å². The van der Waals surface area contributed by atoms with Crippen molar-refractivity contribution in [3.05, 3.63) is 63.2 Å². The average molecular weight is 327 g/mol. The molecule has 124 valence electrons. The summed E-state index contributed by atoms with van der Waals surface area (Å²) in [4.78, 5) is 25.8. The molecule has 7 heteroatoms. The molecule has 0 spiro atoms. The monoisotopic (exact) mass is 327 g/mol. The Morgan fingerprint density at radius 2 is 1.96 bits per heavy atom. The molecule has 2 rings (SSSR count). The number of hydrogen-bond acceptors (Lipinski definition) is 6. The van der Waals surface area contributed by atoms with E-state index in [-0.39, 0.29) is 12.2 Å². The lowest BCUT2D eigenvalue weighted by atomic mass is 10.1. The highest BCUT2D eigenvalue weighted by Gasteiger charge is 2.10. The van der Waals surface area contributed by atoms with Gasteiger partial charge in [-0.15, -0.1) is 0 Å². The van der Waals surface area contributed by atoms with Gasteiger partial charge >= 0.3 is 5.97 Å². The molecule has 0 saturated heterocycles. The van der Waals surface area contributed by atoms with E-state index in [1.165, 1.54) is 18.3 Å². The molecule has 0 aliphatic heterocycles. The molecular weight excluding hydrogens is 312 g/mol. The fourth-order valence-electron chi connectivity index (χ4n) is 2.06. The quantitative estimate of drug-likeness (QED) is 0.363. The fraction of sp³-hybridized carbons (Fsp3) is 0.176. The van der Waals surface area contributed by atoms with E-state index >= 15 is 0 Å². The Bertz CT molecular complexity index is 797. The molecule has 0 amide bonds. The van der Waals surface area contributed by atoms with E-state index in [4.69, 9.17) is 4.74 Å². The molecule has 0 atom stereocenters. The molecule has 0 fully saturated rings. The number of hydrogen-bond donors (Lipinski definition) is 0. The van der Waals surface area contributed by atoms with Gasteiger partial charge in [0.1, 0.15) is 0 Å². The van der Waals surface area contributed by atoms with E-state index in [1.54, 1.807) is 38.1 Å². The van der Waals surface area contributed by atoms with E-state index in [1.807, 2.05) is 0 Å². The first-order chi connectivity index (χ1) is 11.4. The Hall–Kier alpha value is -3.22. The minimum atomic E-state index is -0.708. The summed E-state index contributed by atoms with van der Waals surface area (Å²) in [6, 6.07) is 9.07. The van der Waals surface area contributed by atoms with E-state index in [2.05, 4.69) is 4.99 Å². The Labute approximate surface area is 138 Å². The number of nitro groups is 1. The maximum absolute atomic E-state index is 12.0. The van der Waals surface area contributed by atoms with Crippen LogP contribution < -0.4 is 5.11 Å². The maximum atomic E-state index is 12.0. The average Bonchev–Trinajstić information content (AvgIpc) is 2.55. The Morgan fingerprint density at radius 1 is 1.29 bits per heavy atom. The van der Waals surface area contributed by atoms with Crippen molar-refractivity contribution >= 4 is 23.6 Å². The number of nitrogens with zero attached hydrogens (tertiary/aromatic N) is 2. The number of aliphatic imine (C=N–C) groups is 1. The smallest absolute Gasteiger partial charge is 0.338 e. The third-order valence-corrected chi connectivity index (χ3v) is 3.17. The summed E-state index contributed by atoms with van der Waals surface area (Å²) in [5.41, 5.74) is 1.16. The van der Waals surface area contributed by atoms with Crippen LogP contribution in [0.3, 0.4) is 0 Å². The normalized spacial score (nSPS) is 10.8. The van der Waals surface area contributed by atoms with Crippen LogP contribution in [0.25, 0.3) is 0 Å². The number of benzene rings is 2. The third-order valence-electron chi connectivity index (χ3n) is 3.17. The van der Waals surface area contributed by atoms with Crippen molar-refractivity contribution in [3.63, 3.8) is 0 Å². The molecule has 0 heterocycles. The molecule has 7 nitrogen and oxygen atoms in total. The number of ether oxygens (including phenoxy) is 1. The van der Waals surface area contributed by atoms with Gasteiger partial charge in [-0.25, -0.2) is 4.79 Å². The van der Waals surface area contributed by atoms with E-state index < -0.39 is 22.3 Å². The van der Waals surface area contributed by atoms with Crippen LogP contribution in [0, 0.1) is 17.0 Å². The summed E-state index contributed by atoms with van der Waals surface area (Å²) in [5, 5.41) is 22.9. The van der Waals surface area contributed by atoms with Crippen molar-refractivity contribution in [1.29, 1.82) is 0 Å². The van der Waals surface area contributed by atoms with Crippen LogP contribution in [0.2, 0.25) is 0 Å². The van der Waals surface area contributed by atoms with Crippen LogP contribution in [0.4, 0.5) is 11.4 Å². The van der Waals surface area contributed by atoms with Crippen LogP contribution in [-0.2, 0) is 4.74 Å². The van der Waals surface area contributed by atoms with Gasteiger partial charge in [0.2, 0.25) is 0 Å². The predicted molar refractivity (Wildman–Crippen MR) is 86.9 cm³/mol. The lowest BCUT2D eigenvalue weighted by Crippen LogP contribution is -2.03. The van der Waals surface area contributed by atoms with Gasteiger partial charge in [-0.1, -0.05) is 6.07 Å². The summed E-state index contributed by atoms with van der Waals surface area (Å²) in [7, 11) is 0. The van der Waals surface area contributed by atoms with Gasteiger partial charge in [-0.3, -0.25) is 15.1 Å². The largest absolute Gasteiger partial charge is 0.867 e. The number of carbonyl (C=O) groups excluding carboxylic acids is 1. The van der Waals surface area contributed by atoms with Gasteiger partial charge in [-0.05, 0) is 55.0 Å². The molecule has 0 radical (unpaired) electrons. The molecular formula is C17H15N2O5-. The molecule has 0 aliphatic rings. The first-order valence-corrected chi connectivity index (χ1v) is 7.19. The first kappa shape index (κ1) is 17.1. The SMILES string of the molecule is CCOC(=O)c1ccc(N=Cc2cc(C)cc([N+](=O)[O-])c2[O-])cc1.